The van der Waals surface area contributed by atoms with Crippen LogP contribution < -0.4 is 5.32 Å². The number of hydrogen-bond donors (Lipinski definition) is 1. The van der Waals surface area contributed by atoms with E-state index >= 15 is 0 Å². The highest BCUT2D eigenvalue weighted by molar-refractivity contribution is 6.31. The summed E-state index contributed by atoms with van der Waals surface area (Å²) >= 11 is 6.29. The number of nitrogens with one attached hydrogen (secondary N) is 1. The standard InChI is InChI=1S/C22H25ClN2/c23-19-10-4-2-8-17(19)12-15-24-21-22(13-6-1-7-14-22)16-18-9-3-5-11-20(18)25-21/h2-5,8-11H,1,6-7,12-16H2,(H,24,25). The summed E-state index contributed by atoms with van der Waals surface area (Å²) in [5, 5.41) is 4.52. The number of nitrogens with zero attached hydrogens (tertiary/aromatic N) is 1. The van der Waals surface area contributed by atoms with Crippen LogP contribution in [0.15, 0.2) is 53.5 Å². The number of hydrogen-bond acceptors (Lipinski definition) is 1. The van der Waals surface area contributed by atoms with E-state index in [2.05, 4.69) is 35.6 Å². The minimum Gasteiger partial charge on any atom is -0.343 e. The molecule has 2 nitrogen and oxygen atoms in total. The van der Waals surface area contributed by atoms with Crippen molar-refractivity contribution in [3.63, 3.8) is 0 Å². The molecule has 0 amide bonds. The fourth-order valence-corrected chi connectivity index (χ4v) is 4.57. The molecule has 2 aromatic rings. The number of rotatable bonds is 3. The van der Waals surface area contributed by atoms with E-state index in [9.17, 15) is 0 Å². The number of halogens is 1. The van der Waals surface area contributed by atoms with Crippen LogP contribution in [0.2, 0.25) is 5.02 Å². The van der Waals surface area contributed by atoms with E-state index in [1.54, 1.807) is 0 Å². The normalized spacial score (nSPS) is 20.3. The molecule has 1 aliphatic carbocycles. The fraction of sp³-hybridized carbons (Fsp3) is 0.409. The Morgan fingerprint density at radius 2 is 1.72 bits per heavy atom. The lowest BCUT2D eigenvalue weighted by atomic mass is 9.67. The number of fused-ring (bicyclic) bond motifs is 1. The summed E-state index contributed by atoms with van der Waals surface area (Å²) in [6.07, 6.45) is 8.50. The molecule has 2 aromatic carbocycles. The fourth-order valence-electron chi connectivity index (χ4n) is 4.34. The quantitative estimate of drug-likeness (QED) is 0.730. The molecule has 1 spiro atoms. The van der Waals surface area contributed by atoms with E-state index in [1.807, 2.05) is 18.2 Å². The highest BCUT2D eigenvalue weighted by Gasteiger charge is 2.40. The van der Waals surface area contributed by atoms with Gasteiger partial charge in [0, 0.05) is 22.7 Å². The lowest BCUT2D eigenvalue weighted by Gasteiger charge is -2.42. The summed E-state index contributed by atoms with van der Waals surface area (Å²) in [7, 11) is 0. The smallest absolute Gasteiger partial charge is 0.107 e. The lowest BCUT2D eigenvalue weighted by Crippen LogP contribution is -2.43. The van der Waals surface area contributed by atoms with Gasteiger partial charge in [-0.25, -0.2) is 0 Å². The van der Waals surface area contributed by atoms with Crippen molar-refractivity contribution in [1.29, 1.82) is 0 Å². The van der Waals surface area contributed by atoms with Crippen molar-refractivity contribution in [2.75, 3.05) is 11.9 Å². The Bertz CT molecular complexity index is 775. The lowest BCUT2D eigenvalue weighted by molar-refractivity contribution is 0.278. The van der Waals surface area contributed by atoms with E-state index in [0.717, 1.165) is 24.4 Å². The van der Waals surface area contributed by atoms with Crippen LogP contribution in [0.5, 0.6) is 0 Å². The van der Waals surface area contributed by atoms with Crippen LogP contribution in [-0.4, -0.2) is 12.4 Å². The minimum atomic E-state index is 0.215. The van der Waals surface area contributed by atoms with Gasteiger partial charge in [0.05, 0.1) is 0 Å². The molecular weight excluding hydrogens is 328 g/mol. The number of amidine groups is 1. The van der Waals surface area contributed by atoms with E-state index in [0.29, 0.717) is 0 Å². The van der Waals surface area contributed by atoms with E-state index < -0.39 is 0 Å². The van der Waals surface area contributed by atoms with Crippen molar-refractivity contribution in [3.05, 3.63) is 64.7 Å². The summed E-state index contributed by atoms with van der Waals surface area (Å²) in [5.74, 6) is 1.21. The van der Waals surface area contributed by atoms with Crippen molar-refractivity contribution < 1.29 is 0 Å². The van der Waals surface area contributed by atoms with Gasteiger partial charge in [0.15, 0.2) is 0 Å². The Hall–Kier alpha value is -1.80. The first-order valence-electron chi connectivity index (χ1n) is 9.40. The Balaban J connectivity index is 1.58. The van der Waals surface area contributed by atoms with Gasteiger partial charge in [-0.1, -0.05) is 67.3 Å². The maximum atomic E-state index is 6.29. The summed E-state index contributed by atoms with van der Waals surface area (Å²) in [4.78, 5) is 5.04. The average molecular weight is 353 g/mol. The van der Waals surface area contributed by atoms with Crippen molar-refractivity contribution in [2.24, 2.45) is 10.4 Å². The molecule has 0 aromatic heterocycles. The second kappa shape index (κ2) is 7.21. The Labute approximate surface area is 155 Å². The molecule has 3 heteroatoms. The van der Waals surface area contributed by atoms with Crippen LogP contribution in [0.4, 0.5) is 5.69 Å². The van der Waals surface area contributed by atoms with Gasteiger partial charge in [-0.05, 0) is 48.9 Å². The molecule has 1 N–H and O–H groups in total. The second-order valence-electron chi connectivity index (χ2n) is 7.37. The molecule has 0 unspecified atom stereocenters. The van der Waals surface area contributed by atoms with Crippen LogP contribution in [0.1, 0.15) is 43.2 Å². The van der Waals surface area contributed by atoms with Crippen molar-refractivity contribution in [1.82, 2.24) is 0 Å². The Morgan fingerprint density at radius 3 is 2.56 bits per heavy atom. The zero-order chi connectivity index (χ0) is 17.1. The SMILES string of the molecule is Clc1ccccc1CCN=C1Nc2ccccc2CC12CCCCC2. The van der Waals surface area contributed by atoms with E-state index in [4.69, 9.17) is 16.6 Å². The summed E-state index contributed by atoms with van der Waals surface area (Å²) in [5.41, 5.74) is 4.07. The molecule has 0 radical (unpaired) electrons. The van der Waals surface area contributed by atoms with Gasteiger partial charge in [0.1, 0.15) is 5.84 Å². The molecule has 4 rings (SSSR count). The predicted octanol–water partition coefficient (Wildman–Crippen LogP) is 5.90. The molecule has 130 valence electrons. The van der Waals surface area contributed by atoms with E-state index in [-0.39, 0.29) is 5.41 Å². The second-order valence-corrected chi connectivity index (χ2v) is 7.78. The van der Waals surface area contributed by atoms with Crippen molar-refractivity contribution in [2.45, 2.75) is 44.9 Å². The zero-order valence-corrected chi connectivity index (χ0v) is 15.4. The van der Waals surface area contributed by atoms with Gasteiger partial charge in [-0.2, -0.15) is 0 Å². The Morgan fingerprint density at radius 1 is 0.960 bits per heavy atom. The molecule has 25 heavy (non-hydrogen) atoms. The summed E-state index contributed by atoms with van der Waals surface area (Å²) < 4.78 is 0. The van der Waals surface area contributed by atoms with Gasteiger partial charge in [0.25, 0.3) is 0 Å². The number of aliphatic imine (C=N–C) groups is 1. The van der Waals surface area contributed by atoms with Gasteiger partial charge in [-0.3, -0.25) is 4.99 Å². The first kappa shape index (κ1) is 16.7. The topological polar surface area (TPSA) is 24.4 Å². The monoisotopic (exact) mass is 352 g/mol. The highest BCUT2D eigenvalue weighted by Crippen LogP contribution is 2.44. The van der Waals surface area contributed by atoms with Crippen LogP contribution in [0.25, 0.3) is 0 Å². The number of benzene rings is 2. The van der Waals surface area contributed by atoms with Gasteiger partial charge in [-0.15, -0.1) is 0 Å². The van der Waals surface area contributed by atoms with Gasteiger partial charge in [0.2, 0.25) is 0 Å². The molecule has 1 fully saturated rings. The van der Waals surface area contributed by atoms with E-state index in [1.165, 1.54) is 54.8 Å². The highest BCUT2D eigenvalue weighted by atomic mass is 35.5. The van der Waals surface area contributed by atoms with Crippen LogP contribution in [0, 0.1) is 5.41 Å². The molecule has 0 saturated heterocycles. The largest absolute Gasteiger partial charge is 0.343 e. The number of para-hydroxylation sites is 1. The number of anilines is 1. The van der Waals surface area contributed by atoms with Crippen LogP contribution in [0.3, 0.4) is 0 Å². The molecular formula is C22H25ClN2. The maximum Gasteiger partial charge on any atom is 0.107 e. The van der Waals surface area contributed by atoms with Crippen molar-refractivity contribution in [3.8, 4) is 0 Å². The van der Waals surface area contributed by atoms with Crippen molar-refractivity contribution >= 4 is 23.1 Å². The van der Waals surface area contributed by atoms with Crippen LogP contribution >= 0.6 is 11.6 Å². The Kier molecular flexibility index (Phi) is 4.80. The van der Waals surface area contributed by atoms with Gasteiger partial charge < -0.3 is 5.32 Å². The summed E-state index contributed by atoms with van der Waals surface area (Å²) in [6.45, 7) is 0.788. The molecule has 1 aliphatic heterocycles. The molecule has 1 heterocycles. The van der Waals surface area contributed by atoms with Crippen LogP contribution in [-0.2, 0) is 12.8 Å². The third-order valence-electron chi connectivity index (χ3n) is 5.72. The maximum absolute atomic E-state index is 6.29. The molecule has 0 atom stereocenters. The summed E-state index contributed by atoms with van der Waals surface area (Å²) in [6, 6.07) is 16.8. The first-order chi connectivity index (χ1) is 12.3. The minimum absolute atomic E-state index is 0.215. The molecule has 2 aliphatic rings. The zero-order valence-electron chi connectivity index (χ0n) is 14.6. The third kappa shape index (κ3) is 3.46. The average Bonchev–Trinajstić information content (AvgIpc) is 2.64. The predicted molar refractivity (Wildman–Crippen MR) is 107 cm³/mol. The third-order valence-corrected chi connectivity index (χ3v) is 6.09. The van der Waals surface area contributed by atoms with Gasteiger partial charge >= 0.3 is 0 Å². The molecule has 0 bridgehead atoms. The molecule has 1 saturated carbocycles. The first-order valence-corrected chi connectivity index (χ1v) is 9.78.